The second-order valence-electron chi connectivity index (χ2n) is 3.85. The number of rotatable bonds is 0. The molecule has 2 rings (SSSR count). The van der Waals surface area contributed by atoms with Gasteiger partial charge in [0, 0.05) is 9.90 Å². The molecular weight excluding hydrogens is 212 g/mol. The number of allylic oxidation sites excluding steroid dienone is 8. The summed E-state index contributed by atoms with van der Waals surface area (Å²) >= 11 is 3.52. The molecule has 0 atom stereocenters. The van der Waals surface area contributed by atoms with E-state index in [-0.39, 0.29) is 5.41 Å². The van der Waals surface area contributed by atoms with Gasteiger partial charge in [-0.3, -0.25) is 0 Å². The predicted octanol–water partition coefficient (Wildman–Crippen LogP) is 3.73. The fourth-order valence-electron chi connectivity index (χ4n) is 1.53. The predicted molar refractivity (Wildman–Crippen MR) is 56.1 cm³/mol. The third kappa shape index (κ3) is 1.22. The minimum absolute atomic E-state index is 0.209. The SMILES string of the molecule is CC1(C)C=CC2=C(Br)C=CC2=C1. The van der Waals surface area contributed by atoms with Crippen molar-refractivity contribution in [3.05, 3.63) is 46.0 Å². The van der Waals surface area contributed by atoms with Gasteiger partial charge in [-0.25, -0.2) is 0 Å². The molecule has 2 aliphatic rings. The van der Waals surface area contributed by atoms with Crippen LogP contribution in [0.25, 0.3) is 0 Å². The van der Waals surface area contributed by atoms with Gasteiger partial charge < -0.3 is 0 Å². The number of fused-ring (bicyclic) bond motifs is 1. The van der Waals surface area contributed by atoms with E-state index in [1.165, 1.54) is 15.6 Å². The Kier molecular flexibility index (Phi) is 1.65. The van der Waals surface area contributed by atoms with E-state index < -0.39 is 0 Å². The second-order valence-corrected chi connectivity index (χ2v) is 4.70. The van der Waals surface area contributed by atoms with Crippen molar-refractivity contribution in [2.75, 3.05) is 0 Å². The molecule has 0 aromatic rings. The minimum Gasteiger partial charge on any atom is -0.0744 e. The molecule has 0 bridgehead atoms. The molecule has 0 heterocycles. The van der Waals surface area contributed by atoms with E-state index >= 15 is 0 Å². The molecule has 2 aliphatic carbocycles. The molecule has 0 saturated carbocycles. The Labute approximate surface area is 81.5 Å². The largest absolute Gasteiger partial charge is 0.0744 e. The van der Waals surface area contributed by atoms with E-state index in [0.717, 1.165) is 0 Å². The van der Waals surface area contributed by atoms with Crippen LogP contribution in [0, 0.1) is 5.41 Å². The van der Waals surface area contributed by atoms with Crippen LogP contribution in [0.3, 0.4) is 0 Å². The van der Waals surface area contributed by atoms with Gasteiger partial charge in [0.2, 0.25) is 0 Å². The molecule has 0 spiro atoms. The fraction of sp³-hybridized carbons (Fsp3) is 0.273. The lowest BCUT2D eigenvalue weighted by Gasteiger charge is -2.21. The van der Waals surface area contributed by atoms with E-state index in [4.69, 9.17) is 0 Å². The first-order chi connectivity index (χ1) is 5.58. The molecule has 62 valence electrons. The lowest BCUT2D eigenvalue weighted by molar-refractivity contribution is 0.618. The Morgan fingerprint density at radius 1 is 1.17 bits per heavy atom. The average molecular weight is 223 g/mol. The van der Waals surface area contributed by atoms with Crippen molar-refractivity contribution in [2.24, 2.45) is 5.41 Å². The summed E-state index contributed by atoms with van der Waals surface area (Å²) in [7, 11) is 0. The molecule has 0 fully saturated rings. The quantitative estimate of drug-likeness (QED) is 0.587. The summed E-state index contributed by atoms with van der Waals surface area (Å²) in [6, 6.07) is 0. The van der Waals surface area contributed by atoms with Crippen molar-refractivity contribution in [1.29, 1.82) is 0 Å². The highest BCUT2D eigenvalue weighted by Gasteiger charge is 2.20. The molecule has 0 nitrogen and oxygen atoms in total. The van der Waals surface area contributed by atoms with Crippen LogP contribution in [0.2, 0.25) is 0 Å². The van der Waals surface area contributed by atoms with Gasteiger partial charge in [0.05, 0.1) is 0 Å². The Morgan fingerprint density at radius 2 is 1.92 bits per heavy atom. The van der Waals surface area contributed by atoms with E-state index in [0.29, 0.717) is 0 Å². The maximum atomic E-state index is 3.52. The highest BCUT2D eigenvalue weighted by Crippen LogP contribution is 2.37. The third-order valence-corrected chi connectivity index (χ3v) is 2.88. The third-order valence-electron chi connectivity index (χ3n) is 2.18. The Hall–Kier alpha value is -0.560. The van der Waals surface area contributed by atoms with Crippen molar-refractivity contribution in [1.82, 2.24) is 0 Å². The van der Waals surface area contributed by atoms with Gasteiger partial charge in [0.25, 0.3) is 0 Å². The summed E-state index contributed by atoms with van der Waals surface area (Å²) in [5.74, 6) is 0. The fourth-order valence-corrected chi connectivity index (χ4v) is 2.02. The summed E-state index contributed by atoms with van der Waals surface area (Å²) in [4.78, 5) is 0. The first-order valence-corrected chi connectivity index (χ1v) is 4.88. The Bertz CT molecular complexity index is 338. The zero-order valence-corrected chi connectivity index (χ0v) is 8.85. The standard InChI is InChI=1S/C11H11Br/c1-11(2)6-5-9-8(7-11)3-4-10(9)12/h3-7H,1-2H3. The van der Waals surface area contributed by atoms with Gasteiger partial charge >= 0.3 is 0 Å². The van der Waals surface area contributed by atoms with Crippen LogP contribution in [-0.4, -0.2) is 0 Å². The summed E-state index contributed by atoms with van der Waals surface area (Å²) in [5.41, 5.74) is 2.87. The summed E-state index contributed by atoms with van der Waals surface area (Å²) in [5, 5.41) is 0. The molecule has 0 radical (unpaired) electrons. The molecule has 0 aliphatic heterocycles. The van der Waals surface area contributed by atoms with Gasteiger partial charge in [-0.2, -0.15) is 0 Å². The molecule has 12 heavy (non-hydrogen) atoms. The maximum Gasteiger partial charge on any atom is 0.0253 e. The highest BCUT2D eigenvalue weighted by molar-refractivity contribution is 9.12. The molecular formula is C11H11Br. The van der Waals surface area contributed by atoms with Crippen LogP contribution < -0.4 is 0 Å². The summed E-state index contributed by atoms with van der Waals surface area (Å²) < 4.78 is 1.19. The molecule has 0 aromatic heterocycles. The molecule has 0 amide bonds. The van der Waals surface area contributed by atoms with Crippen molar-refractivity contribution >= 4 is 15.9 Å². The lowest BCUT2D eigenvalue weighted by Crippen LogP contribution is -2.07. The molecule has 1 heteroatoms. The van der Waals surface area contributed by atoms with E-state index in [1.807, 2.05) is 0 Å². The number of halogens is 1. The minimum atomic E-state index is 0.209. The first-order valence-electron chi connectivity index (χ1n) is 4.09. The van der Waals surface area contributed by atoms with E-state index in [9.17, 15) is 0 Å². The highest BCUT2D eigenvalue weighted by atomic mass is 79.9. The molecule has 0 saturated heterocycles. The monoisotopic (exact) mass is 222 g/mol. The lowest BCUT2D eigenvalue weighted by atomic mass is 9.84. The maximum absolute atomic E-state index is 3.52. The smallest absolute Gasteiger partial charge is 0.0253 e. The van der Waals surface area contributed by atoms with Crippen LogP contribution in [0.5, 0.6) is 0 Å². The van der Waals surface area contributed by atoms with Crippen LogP contribution in [-0.2, 0) is 0 Å². The summed E-state index contributed by atoms with van der Waals surface area (Å²) in [6.45, 7) is 4.43. The topological polar surface area (TPSA) is 0 Å². The Balaban J connectivity index is 2.50. The second kappa shape index (κ2) is 2.46. The first kappa shape index (κ1) is 8.06. The Morgan fingerprint density at radius 3 is 2.67 bits per heavy atom. The van der Waals surface area contributed by atoms with E-state index in [2.05, 4.69) is 60.2 Å². The molecule has 0 aromatic carbocycles. The van der Waals surface area contributed by atoms with Gasteiger partial charge in [-0.15, -0.1) is 0 Å². The van der Waals surface area contributed by atoms with Crippen LogP contribution in [0.15, 0.2) is 46.0 Å². The number of hydrogen-bond acceptors (Lipinski definition) is 0. The van der Waals surface area contributed by atoms with Crippen molar-refractivity contribution in [2.45, 2.75) is 13.8 Å². The van der Waals surface area contributed by atoms with Crippen molar-refractivity contribution in [3.63, 3.8) is 0 Å². The van der Waals surface area contributed by atoms with Gasteiger partial charge in [0.1, 0.15) is 0 Å². The van der Waals surface area contributed by atoms with E-state index in [1.54, 1.807) is 0 Å². The normalized spacial score (nSPS) is 24.4. The molecule has 0 N–H and O–H groups in total. The van der Waals surface area contributed by atoms with Crippen molar-refractivity contribution < 1.29 is 0 Å². The summed E-state index contributed by atoms with van der Waals surface area (Å²) in [6.07, 6.45) is 11.0. The van der Waals surface area contributed by atoms with Crippen LogP contribution in [0.1, 0.15) is 13.8 Å². The van der Waals surface area contributed by atoms with Gasteiger partial charge in [0.15, 0.2) is 0 Å². The molecule has 0 unspecified atom stereocenters. The van der Waals surface area contributed by atoms with Crippen molar-refractivity contribution in [3.8, 4) is 0 Å². The zero-order chi connectivity index (χ0) is 8.77. The van der Waals surface area contributed by atoms with Crippen LogP contribution >= 0.6 is 15.9 Å². The van der Waals surface area contributed by atoms with Gasteiger partial charge in [-0.05, 0) is 17.2 Å². The average Bonchev–Trinajstić information content (AvgIpc) is 2.30. The zero-order valence-electron chi connectivity index (χ0n) is 7.26. The van der Waals surface area contributed by atoms with Crippen LogP contribution in [0.4, 0.5) is 0 Å². The number of hydrogen-bond donors (Lipinski definition) is 0. The van der Waals surface area contributed by atoms with Gasteiger partial charge in [-0.1, -0.05) is 54.1 Å².